The Morgan fingerprint density at radius 3 is 2.09 bits per heavy atom. The molecule has 3 aromatic carbocycles. The molecule has 10 heteroatoms. The number of aryl methyl sites for hydroxylation is 2. The standard InChI is InChI=1S/C35H31N3O7/c1-18-15-20(16-19(2)30(18)39)29-24-13-14-25-28(33(42)36(31(25)40)22-9-11-23(12-10-22)38(44)45)26(24)17-27-32(41)37(34(43)35(27,29)3)21-7-5-4-6-8-21/h4-13,15-16,25-29,39H,14,17H2,1-3H3/t25-,26+,27-,28-,29-,35+/m0/s1. The number of anilines is 2. The Hall–Kier alpha value is -5.12. The van der Waals surface area contributed by atoms with E-state index in [-0.39, 0.29) is 47.7 Å². The van der Waals surface area contributed by atoms with Crippen molar-refractivity contribution in [3.8, 4) is 5.75 Å². The molecule has 4 amide bonds. The molecule has 1 saturated carbocycles. The number of para-hydroxylation sites is 1. The largest absolute Gasteiger partial charge is 0.507 e. The van der Waals surface area contributed by atoms with Gasteiger partial charge in [-0.3, -0.25) is 34.2 Å². The van der Waals surface area contributed by atoms with E-state index in [1.807, 2.05) is 31.2 Å². The van der Waals surface area contributed by atoms with Crippen LogP contribution in [0.1, 0.15) is 42.4 Å². The molecule has 2 aliphatic carbocycles. The van der Waals surface area contributed by atoms with Crippen molar-refractivity contribution in [2.75, 3.05) is 9.80 Å². The molecule has 0 aromatic heterocycles. The summed E-state index contributed by atoms with van der Waals surface area (Å²) in [7, 11) is 0. The number of nitrogens with zero attached hydrogens (tertiary/aromatic N) is 3. The summed E-state index contributed by atoms with van der Waals surface area (Å²) >= 11 is 0. The molecular formula is C35H31N3O7. The average molecular weight is 606 g/mol. The molecule has 2 heterocycles. The smallest absolute Gasteiger partial charge is 0.269 e. The number of phenols is 1. The first-order valence-electron chi connectivity index (χ1n) is 15.0. The van der Waals surface area contributed by atoms with Crippen LogP contribution in [-0.2, 0) is 19.2 Å². The van der Waals surface area contributed by atoms with Gasteiger partial charge in [0.25, 0.3) is 5.69 Å². The Labute approximate surface area is 259 Å². The van der Waals surface area contributed by atoms with E-state index in [4.69, 9.17) is 0 Å². The number of benzene rings is 3. The Bertz CT molecular complexity index is 1830. The van der Waals surface area contributed by atoms with E-state index in [0.29, 0.717) is 16.8 Å². The number of carbonyl (C=O) groups is 4. The van der Waals surface area contributed by atoms with Crippen molar-refractivity contribution in [3.05, 3.63) is 105 Å². The summed E-state index contributed by atoms with van der Waals surface area (Å²) in [4.78, 5) is 69.7. The van der Waals surface area contributed by atoms with Crippen molar-refractivity contribution in [2.45, 2.75) is 39.5 Å². The van der Waals surface area contributed by atoms with Crippen molar-refractivity contribution < 1.29 is 29.2 Å². The van der Waals surface area contributed by atoms with E-state index >= 15 is 0 Å². The molecule has 2 aliphatic heterocycles. The van der Waals surface area contributed by atoms with Gasteiger partial charge in [-0.25, -0.2) is 4.90 Å². The predicted molar refractivity (Wildman–Crippen MR) is 164 cm³/mol. The third-order valence-electron chi connectivity index (χ3n) is 10.5. The lowest BCUT2D eigenvalue weighted by molar-refractivity contribution is -0.384. The van der Waals surface area contributed by atoms with E-state index in [2.05, 4.69) is 0 Å². The number of fused-ring (bicyclic) bond motifs is 4. The molecule has 0 bridgehead atoms. The second-order valence-electron chi connectivity index (χ2n) is 12.8. The Kier molecular flexibility index (Phi) is 6.33. The second-order valence-corrected chi connectivity index (χ2v) is 12.8. The highest BCUT2D eigenvalue weighted by Gasteiger charge is 2.67. The van der Waals surface area contributed by atoms with Gasteiger partial charge in [0, 0.05) is 18.1 Å². The fourth-order valence-electron chi connectivity index (χ4n) is 8.35. The van der Waals surface area contributed by atoms with Gasteiger partial charge < -0.3 is 5.11 Å². The van der Waals surface area contributed by atoms with E-state index in [0.717, 1.165) is 16.0 Å². The Morgan fingerprint density at radius 1 is 0.844 bits per heavy atom. The topological polar surface area (TPSA) is 138 Å². The number of hydrogen-bond donors (Lipinski definition) is 1. The van der Waals surface area contributed by atoms with Crippen LogP contribution in [0.3, 0.4) is 0 Å². The quantitative estimate of drug-likeness (QED) is 0.183. The number of non-ortho nitro benzene ring substituents is 1. The third kappa shape index (κ3) is 3.94. The van der Waals surface area contributed by atoms with Crippen LogP contribution >= 0.6 is 0 Å². The summed E-state index contributed by atoms with van der Waals surface area (Å²) in [5.74, 6) is -4.55. The number of amides is 4. The number of allylic oxidation sites excluding steroid dienone is 2. The van der Waals surface area contributed by atoms with Crippen LogP contribution in [0, 0.1) is 53.0 Å². The number of rotatable bonds is 4. The highest BCUT2D eigenvalue weighted by molar-refractivity contribution is 6.25. The summed E-state index contributed by atoms with van der Waals surface area (Å²) in [5, 5.41) is 21.8. The summed E-state index contributed by atoms with van der Waals surface area (Å²) in [6.45, 7) is 5.41. The molecule has 3 aromatic rings. The van der Waals surface area contributed by atoms with Gasteiger partial charge in [0.1, 0.15) is 5.75 Å². The van der Waals surface area contributed by atoms with Crippen LogP contribution in [0.5, 0.6) is 5.75 Å². The maximum absolute atomic E-state index is 14.5. The molecule has 10 nitrogen and oxygen atoms in total. The molecule has 0 radical (unpaired) electrons. The molecule has 6 atom stereocenters. The van der Waals surface area contributed by atoms with Gasteiger partial charge in [0.15, 0.2) is 0 Å². The maximum Gasteiger partial charge on any atom is 0.269 e. The minimum atomic E-state index is -1.18. The van der Waals surface area contributed by atoms with Gasteiger partial charge in [0.2, 0.25) is 23.6 Å². The number of carbonyl (C=O) groups excluding carboxylic acids is 4. The molecule has 2 saturated heterocycles. The molecule has 0 spiro atoms. The Morgan fingerprint density at radius 2 is 1.47 bits per heavy atom. The highest BCUT2D eigenvalue weighted by atomic mass is 16.6. The minimum Gasteiger partial charge on any atom is -0.507 e. The number of nitro benzene ring substituents is 1. The molecule has 3 fully saturated rings. The first-order valence-corrected chi connectivity index (χ1v) is 15.0. The number of nitro groups is 1. The molecular weight excluding hydrogens is 574 g/mol. The third-order valence-corrected chi connectivity index (χ3v) is 10.5. The molecule has 0 unspecified atom stereocenters. The molecule has 1 N–H and O–H groups in total. The average Bonchev–Trinajstić information content (AvgIpc) is 3.39. The van der Waals surface area contributed by atoms with Crippen molar-refractivity contribution in [2.24, 2.45) is 29.1 Å². The molecule has 228 valence electrons. The summed E-state index contributed by atoms with van der Waals surface area (Å²) in [6, 6.07) is 17.8. The van der Waals surface area contributed by atoms with Crippen molar-refractivity contribution in [1.29, 1.82) is 0 Å². The van der Waals surface area contributed by atoms with Crippen LogP contribution in [0.25, 0.3) is 0 Å². The van der Waals surface area contributed by atoms with Crippen molar-refractivity contribution in [3.63, 3.8) is 0 Å². The van der Waals surface area contributed by atoms with Crippen molar-refractivity contribution in [1.82, 2.24) is 0 Å². The fraction of sp³-hybridized carbons (Fsp3) is 0.314. The van der Waals surface area contributed by atoms with Crippen molar-refractivity contribution >= 4 is 40.7 Å². The zero-order chi connectivity index (χ0) is 31.9. The van der Waals surface area contributed by atoms with Crippen LogP contribution in [-0.4, -0.2) is 33.7 Å². The molecule has 4 aliphatic rings. The number of imide groups is 2. The lowest BCUT2D eigenvalue weighted by atomic mass is 9.51. The first kappa shape index (κ1) is 28.6. The summed E-state index contributed by atoms with van der Waals surface area (Å²) in [5.41, 5.74) is 2.29. The van der Waals surface area contributed by atoms with Gasteiger partial charge in [-0.05, 0) is 80.5 Å². The highest BCUT2D eigenvalue weighted by Crippen LogP contribution is 2.64. The van der Waals surface area contributed by atoms with Crippen LogP contribution in [0.2, 0.25) is 0 Å². The fourth-order valence-corrected chi connectivity index (χ4v) is 8.35. The summed E-state index contributed by atoms with van der Waals surface area (Å²) < 4.78 is 0. The lowest BCUT2D eigenvalue weighted by Gasteiger charge is -2.49. The van der Waals surface area contributed by atoms with Crippen LogP contribution in [0.15, 0.2) is 78.4 Å². The van der Waals surface area contributed by atoms with Gasteiger partial charge in [-0.15, -0.1) is 0 Å². The number of phenolic OH excluding ortho intramolecular Hbond substituents is 1. The predicted octanol–water partition coefficient (Wildman–Crippen LogP) is 5.35. The number of aromatic hydroxyl groups is 1. The maximum atomic E-state index is 14.5. The summed E-state index contributed by atoms with van der Waals surface area (Å²) in [6.07, 6.45) is 2.47. The first-order chi connectivity index (χ1) is 21.4. The van der Waals surface area contributed by atoms with E-state index in [9.17, 15) is 34.4 Å². The normalized spacial score (nSPS) is 29.0. The van der Waals surface area contributed by atoms with Gasteiger partial charge in [-0.1, -0.05) is 42.0 Å². The van der Waals surface area contributed by atoms with E-state index in [1.54, 1.807) is 38.1 Å². The minimum absolute atomic E-state index is 0.152. The SMILES string of the molecule is Cc1cc([C@H]2C3=CC[C@@H]4C(=O)N(c5ccc([N+](=O)[O-])cc5)C(=O)[C@@H]4[C@@H]3C[C@H]3C(=O)N(c4ccccc4)C(=O)[C@@]23C)cc(C)c1O. The van der Waals surface area contributed by atoms with Gasteiger partial charge in [0.05, 0.1) is 39.5 Å². The zero-order valence-corrected chi connectivity index (χ0v) is 25.0. The number of hydrogen-bond acceptors (Lipinski definition) is 7. The van der Waals surface area contributed by atoms with Gasteiger partial charge in [-0.2, -0.15) is 0 Å². The monoisotopic (exact) mass is 605 g/mol. The Balaban J connectivity index is 1.36. The van der Waals surface area contributed by atoms with E-state index < -0.39 is 45.8 Å². The second kappa shape index (κ2) is 9.95. The van der Waals surface area contributed by atoms with E-state index in [1.165, 1.54) is 29.2 Å². The lowest BCUT2D eigenvalue weighted by Crippen LogP contribution is -2.49. The molecule has 45 heavy (non-hydrogen) atoms. The van der Waals surface area contributed by atoms with Crippen LogP contribution in [0.4, 0.5) is 17.1 Å². The zero-order valence-electron chi connectivity index (χ0n) is 25.0. The van der Waals surface area contributed by atoms with Crippen LogP contribution < -0.4 is 9.80 Å². The molecule has 7 rings (SSSR count). The van der Waals surface area contributed by atoms with Gasteiger partial charge >= 0.3 is 0 Å².